The highest BCUT2D eigenvalue weighted by atomic mass is 19.4. The summed E-state index contributed by atoms with van der Waals surface area (Å²) in [6.07, 6.45) is -8.40. The van der Waals surface area contributed by atoms with E-state index in [-0.39, 0.29) is 36.7 Å². The fourth-order valence-electron chi connectivity index (χ4n) is 2.98. The maximum absolute atomic E-state index is 12.5. The number of hydrogen-bond donors (Lipinski definition) is 1. The summed E-state index contributed by atoms with van der Waals surface area (Å²) in [4.78, 5) is 11.2. The van der Waals surface area contributed by atoms with Crippen LogP contribution in [0.25, 0.3) is 0 Å². The second-order valence-electron chi connectivity index (χ2n) is 8.08. The fraction of sp³-hybridized carbons (Fsp3) is 0.370. The van der Waals surface area contributed by atoms with Gasteiger partial charge >= 0.3 is 18.3 Å². The predicted molar refractivity (Wildman–Crippen MR) is 129 cm³/mol. The van der Waals surface area contributed by atoms with Crippen molar-refractivity contribution in [2.75, 3.05) is 26.4 Å². The Morgan fingerprint density at radius 2 is 1.49 bits per heavy atom. The van der Waals surface area contributed by atoms with Gasteiger partial charge in [-0.15, -0.1) is 0 Å². The molecule has 0 aliphatic carbocycles. The topological polar surface area (TPSA) is 74.2 Å². The first-order valence-electron chi connectivity index (χ1n) is 11.5. The molecule has 1 N–H and O–H groups in total. The molecular formula is C27H26F6O6. The number of rotatable bonds is 12. The lowest BCUT2D eigenvalue weighted by Crippen LogP contribution is -2.26. The zero-order chi connectivity index (χ0) is 29.1. The summed E-state index contributed by atoms with van der Waals surface area (Å²) in [5, 5.41) is 9.18. The van der Waals surface area contributed by atoms with Gasteiger partial charge in [0.15, 0.2) is 19.3 Å². The van der Waals surface area contributed by atoms with Crippen molar-refractivity contribution in [3.8, 4) is 29.1 Å². The Hall–Kier alpha value is -3.85. The van der Waals surface area contributed by atoms with Crippen molar-refractivity contribution in [2.45, 2.75) is 38.7 Å². The number of carboxylic acids is 1. The summed E-state index contributed by atoms with van der Waals surface area (Å²) in [5.41, 5.74) is 1.36. The van der Waals surface area contributed by atoms with Crippen molar-refractivity contribution in [1.82, 2.24) is 0 Å². The van der Waals surface area contributed by atoms with Crippen LogP contribution in [-0.2, 0) is 16.0 Å². The Bertz CT molecular complexity index is 1140. The van der Waals surface area contributed by atoms with Gasteiger partial charge in [0.2, 0.25) is 0 Å². The Labute approximate surface area is 221 Å². The number of aliphatic carboxylic acids is 1. The van der Waals surface area contributed by atoms with Crippen LogP contribution in [0.1, 0.15) is 25.0 Å². The number of benzene rings is 2. The first-order valence-corrected chi connectivity index (χ1v) is 11.5. The molecule has 0 saturated carbocycles. The summed E-state index contributed by atoms with van der Waals surface area (Å²) in [5.74, 6) is 4.17. The molecule has 2 rings (SSSR count). The lowest BCUT2D eigenvalue weighted by atomic mass is 10.1. The minimum atomic E-state index is -4.64. The quantitative estimate of drug-likeness (QED) is 0.255. The minimum Gasteiger partial charge on any atom is -0.490 e. The second kappa shape index (κ2) is 14.3. The Balaban J connectivity index is 2.04. The molecule has 0 saturated heterocycles. The van der Waals surface area contributed by atoms with Gasteiger partial charge in [-0.1, -0.05) is 24.0 Å². The smallest absolute Gasteiger partial charge is 0.422 e. The zero-order valence-corrected chi connectivity index (χ0v) is 21.0. The van der Waals surface area contributed by atoms with Crippen LogP contribution in [0.15, 0.2) is 54.1 Å². The minimum absolute atomic E-state index is 0.0859. The van der Waals surface area contributed by atoms with Gasteiger partial charge in [0, 0.05) is 24.7 Å². The van der Waals surface area contributed by atoms with Crippen LogP contribution in [-0.4, -0.2) is 56.0 Å². The third-order valence-corrected chi connectivity index (χ3v) is 4.72. The molecule has 0 fully saturated rings. The Kier molecular flexibility index (Phi) is 11.5. The molecule has 12 heteroatoms. The summed E-state index contributed by atoms with van der Waals surface area (Å²) in [6.45, 7) is 0.479. The summed E-state index contributed by atoms with van der Waals surface area (Å²) in [6, 6.07) is 10.0. The molecule has 2 aromatic rings. The molecule has 0 radical (unpaired) electrons. The van der Waals surface area contributed by atoms with E-state index in [0.29, 0.717) is 11.3 Å². The van der Waals surface area contributed by atoms with E-state index in [1.165, 1.54) is 0 Å². The van der Waals surface area contributed by atoms with Gasteiger partial charge in [0.25, 0.3) is 0 Å². The first-order chi connectivity index (χ1) is 18.2. The summed E-state index contributed by atoms with van der Waals surface area (Å²) >= 11 is 0. The van der Waals surface area contributed by atoms with Crippen molar-refractivity contribution < 1.29 is 55.2 Å². The zero-order valence-electron chi connectivity index (χ0n) is 21.0. The molecule has 212 valence electrons. The van der Waals surface area contributed by atoms with Gasteiger partial charge in [-0.2, -0.15) is 26.3 Å². The maximum atomic E-state index is 12.5. The van der Waals surface area contributed by atoms with Crippen molar-refractivity contribution >= 4 is 5.97 Å². The van der Waals surface area contributed by atoms with Gasteiger partial charge in [-0.05, 0) is 55.3 Å². The molecular weight excluding hydrogens is 534 g/mol. The van der Waals surface area contributed by atoms with Gasteiger partial charge < -0.3 is 24.1 Å². The number of carbonyl (C=O) groups is 1. The van der Waals surface area contributed by atoms with Crippen molar-refractivity contribution in [2.24, 2.45) is 0 Å². The summed E-state index contributed by atoms with van der Waals surface area (Å²) in [7, 11) is 0. The van der Waals surface area contributed by atoms with E-state index in [0.717, 1.165) is 23.8 Å². The normalized spacial score (nSPS) is 12.8. The fourth-order valence-corrected chi connectivity index (χ4v) is 2.98. The maximum Gasteiger partial charge on any atom is 0.422 e. The van der Waals surface area contributed by atoms with Crippen molar-refractivity contribution in [3.63, 3.8) is 0 Å². The van der Waals surface area contributed by atoms with E-state index >= 15 is 0 Å². The SMILES string of the molecule is CCOC(Cc1ccc(OC/C=C(/C)C#Cc2cc(OCC(F)(F)F)cc(OCC(F)(F)F)c2)cc1)C(=O)O. The van der Waals surface area contributed by atoms with Crippen LogP contribution < -0.4 is 14.2 Å². The molecule has 0 aromatic heterocycles. The lowest BCUT2D eigenvalue weighted by Gasteiger charge is -2.13. The molecule has 2 aromatic carbocycles. The summed E-state index contributed by atoms with van der Waals surface area (Å²) < 4.78 is 95.0. The van der Waals surface area contributed by atoms with Crippen LogP contribution in [0, 0.1) is 11.8 Å². The second-order valence-corrected chi connectivity index (χ2v) is 8.08. The van der Waals surface area contributed by atoms with Gasteiger partial charge in [0.1, 0.15) is 23.9 Å². The Morgan fingerprint density at radius 1 is 0.923 bits per heavy atom. The monoisotopic (exact) mass is 560 g/mol. The molecule has 0 bridgehead atoms. The van der Waals surface area contributed by atoms with Crippen LogP contribution in [0.5, 0.6) is 17.2 Å². The number of alkyl halides is 6. The van der Waals surface area contributed by atoms with Gasteiger partial charge in [-0.3, -0.25) is 0 Å². The van der Waals surface area contributed by atoms with Gasteiger partial charge in [-0.25, -0.2) is 4.79 Å². The largest absolute Gasteiger partial charge is 0.490 e. The highest BCUT2D eigenvalue weighted by molar-refractivity contribution is 5.72. The number of ether oxygens (including phenoxy) is 4. The van der Waals surface area contributed by atoms with Gasteiger partial charge in [0.05, 0.1) is 0 Å². The molecule has 0 aliphatic rings. The van der Waals surface area contributed by atoms with E-state index < -0.39 is 37.6 Å². The number of halogens is 6. The number of carboxylic acid groups (broad SMARTS) is 1. The van der Waals surface area contributed by atoms with E-state index in [1.54, 1.807) is 44.2 Å². The van der Waals surface area contributed by atoms with Crippen molar-refractivity contribution in [1.29, 1.82) is 0 Å². The highest BCUT2D eigenvalue weighted by Gasteiger charge is 2.30. The Morgan fingerprint density at radius 3 is 1.97 bits per heavy atom. The highest BCUT2D eigenvalue weighted by Crippen LogP contribution is 2.26. The van der Waals surface area contributed by atoms with Crippen LogP contribution in [0.3, 0.4) is 0 Å². The predicted octanol–water partition coefficient (Wildman–Crippen LogP) is 5.98. The van der Waals surface area contributed by atoms with E-state index in [2.05, 4.69) is 21.3 Å². The molecule has 1 unspecified atom stereocenters. The van der Waals surface area contributed by atoms with Crippen LogP contribution >= 0.6 is 0 Å². The molecule has 0 spiro atoms. The molecule has 0 aliphatic heterocycles. The van der Waals surface area contributed by atoms with Crippen LogP contribution in [0.2, 0.25) is 0 Å². The number of hydrogen-bond acceptors (Lipinski definition) is 5. The van der Waals surface area contributed by atoms with E-state index in [4.69, 9.17) is 9.47 Å². The van der Waals surface area contributed by atoms with E-state index in [1.807, 2.05) is 0 Å². The average Bonchev–Trinajstić information content (AvgIpc) is 2.85. The third-order valence-electron chi connectivity index (χ3n) is 4.72. The van der Waals surface area contributed by atoms with Crippen LogP contribution in [0.4, 0.5) is 26.3 Å². The number of allylic oxidation sites excluding steroid dienone is 1. The first kappa shape index (κ1) is 31.4. The molecule has 0 amide bonds. The molecule has 1 atom stereocenters. The molecule has 0 heterocycles. The molecule has 39 heavy (non-hydrogen) atoms. The third kappa shape index (κ3) is 13.0. The standard InChI is InChI=1S/C27H26F6O6/c1-3-36-24(25(34)35)14-19-6-8-21(9-7-19)37-11-10-18(2)4-5-20-12-22(38-16-26(28,29)30)15-23(13-20)39-17-27(31,32)33/h6-10,12-13,15,24H,3,11,14,16-17H2,1-2H3,(H,34,35)/b18-10-. The van der Waals surface area contributed by atoms with Crippen molar-refractivity contribution in [3.05, 3.63) is 65.2 Å². The van der Waals surface area contributed by atoms with E-state index in [9.17, 15) is 36.2 Å². The lowest BCUT2D eigenvalue weighted by molar-refractivity contribution is -0.154. The molecule has 6 nitrogen and oxygen atoms in total. The average molecular weight is 560 g/mol.